The fourth-order valence-electron chi connectivity index (χ4n) is 3.46. The predicted octanol–water partition coefficient (Wildman–Crippen LogP) is 1.32. The van der Waals surface area contributed by atoms with Gasteiger partial charge < -0.3 is 14.6 Å². The summed E-state index contributed by atoms with van der Waals surface area (Å²) < 4.78 is 3.53. The maximum atomic E-state index is 12.6. The highest BCUT2D eigenvalue weighted by atomic mass is 16.2. The molecule has 28 heavy (non-hydrogen) atoms. The third kappa shape index (κ3) is 2.96. The maximum Gasteiger partial charge on any atom is 0.291 e. The van der Waals surface area contributed by atoms with Crippen molar-refractivity contribution < 1.29 is 4.79 Å². The van der Waals surface area contributed by atoms with Gasteiger partial charge in [0.1, 0.15) is 6.33 Å². The van der Waals surface area contributed by atoms with Gasteiger partial charge >= 0.3 is 0 Å². The summed E-state index contributed by atoms with van der Waals surface area (Å²) in [4.78, 5) is 27.7. The lowest BCUT2D eigenvalue weighted by atomic mass is 10.2. The fraction of sp³-hybridized carbons (Fsp3) is 0.211. The molecule has 0 bridgehead atoms. The van der Waals surface area contributed by atoms with Crippen LogP contribution in [-0.2, 0) is 0 Å². The first-order chi connectivity index (χ1) is 13.8. The van der Waals surface area contributed by atoms with Crippen LogP contribution in [0.2, 0.25) is 0 Å². The summed E-state index contributed by atoms with van der Waals surface area (Å²) in [5.74, 6) is 0.722. The number of nitrogens with one attached hydrogen (secondary N) is 1. The summed E-state index contributed by atoms with van der Waals surface area (Å²) in [6, 6.07) is 9.59. The lowest BCUT2D eigenvalue weighted by Crippen LogP contribution is -2.37. The molecule has 3 aromatic heterocycles. The first-order valence-electron chi connectivity index (χ1n) is 9.08. The number of amides is 1. The third-order valence-electron chi connectivity index (χ3n) is 4.83. The summed E-state index contributed by atoms with van der Waals surface area (Å²) >= 11 is 0. The zero-order valence-corrected chi connectivity index (χ0v) is 15.0. The van der Waals surface area contributed by atoms with Crippen molar-refractivity contribution in [1.82, 2.24) is 34.4 Å². The number of hydrogen-bond acceptors (Lipinski definition) is 6. The number of fused-ring (bicyclic) bond motifs is 1. The number of imidazole rings is 1. The molecule has 1 atom stereocenters. The second-order valence-electron chi connectivity index (χ2n) is 6.66. The van der Waals surface area contributed by atoms with E-state index < -0.39 is 0 Å². The van der Waals surface area contributed by atoms with Crippen LogP contribution < -0.4 is 10.2 Å². The summed E-state index contributed by atoms with van der Waals surface area (Å²) in [6.45, 7) is 1.47. The monoisotopic (exact) mass is 374 g/mol. The molecule has 1 N–H and O–H groups in total. The average molecular weight is 374 g/mol. The summed E-state index contributed by atoms with van der Waals surface area (Å²) in [5.41, 5.74) is 1.68. The molecule has 0 spiro atoms. The minimum atomic E-state index is -0.270. The van der Waals surface area contributed by atoms with Crippen molar-refractivity contribution in [3.63, 3.8) is 0 Å². The molecule has 1 amide bonds. The normalized spacial score (nSPS) is 16.6. The Morgan fingerprint density at radius 1 is 1.07 bits per heavy atom. The van der Waals surface area contributed by atoms with E-state index in [1.165, 1.54) is 0 Å². The SMILES string of the molecule is O=C(N[C@@H]1CCN(c2nccn3ccnc23)C1)c1ncn(-c2ccccc2)n1. The third-order valence-corrected chi connectivity index (χ3v) is 4.83. The van der Waals surface area contributed by atoms with Crippen LogP contribution in [0.15, 0.2) is 61.4 Å². The Labute approximate surface area is 160 Å². The number of nitrogens with zero attached hydrogens (tertiary/aromatic N) is 7. The van der Waals surface area contributed by atoms with Gasteiger partial charge in [-0.2, -0.15) is 0 Å². The van der Waals surface area contributed by atoms with Gasteiger partial charge in [0, 0.05) is 43.9 Å². The van der Waals surface area contributed by atoms with Gasteiger partial charge in [-0.3, -0.25) is 4.79 Å². The van der Waals surface area contributed by atoms with Crippen LogP contribution in [0.4, 0.5) is 5.82 Å². The Hall–Kier alpha value is -3.75. The van der Waals surface area contributed by atoms with Crippen molar-refractivity contribution in [2.45, 2.75) is 12.5 Å². The molecule has 0 saturated carbocycles. The van der Waals surface area contributed by atoms with Crippen LogP contribution >= 0.6 is 0 Å². The van der Waals surface area contributed by atoms with Gasteiger partial charge in [-0.25, -0.2) is 19.6 Å². The van der Waals surface area contributed by atoms with Crippen LogP contribution in [0.1, 0.15) is 17.0 Å². The van der Waals surface area contributed by atoms with Crippen LogP contribution in [0.5, 0.6) is 0 Å². The number of rotatable bonds is 4. The number of carbonyl (C=O) groups is 1. The topological polar surface area (TPSA) is 93.2 Å². The average Bonchev–Trinajstić information content (AvgIpc) is 3.48. The molecule has 4 aromatic rings. The zero-order valence-electron chi connectivity index (χ0n) is 15.0. The van der Waals surface area contributed by atoms with Crippen LogP contribution in [0.3, 0.4) is 0 Å². The Bertz CT molecular complexity index is 1120. The van der Waals surface area contributed by atoms with Crippen LogP contribution in [0.25, 0.3) is 11.3 Å². The van der Waals surface area contributed by atoms with E-state index in [1.54, 1.807) is 23.4 Å². The molecule has 5 rings (SSSR count). The number of anilines is 1. The summed E-state index contributed by atoms with van der Waals surface area (Å²) in [6.07, 6.45) is 9.66. The molecule has 1 aliphatic rings. The molecule has 1 saturated heterocycles. The first kappa shape index (κ1) is 16.4. The van der Waals surface area contributed by atoms with E-state index in [9.17, 15) is 4.79 Å². The van der Waals surface area contributed by atoms with E-state index in [4.69, 9.17) is 0 Å². The van der Waals surface area contributed by atoms with E-state index in [-0.39, 0.29) is 17.8 Å². The summed E-state index contributed by atoms with van der Waals surface area (Å²) in [7, 11) is 0. The van der Waals surface area contributed by atoms with E-state index in [1.807, 2.05) is 47.1 Å². The van der Waals surface area contributed by atoms with E-state index in [2.05, 4.69) is 30.3 Å². The fourth-order valence-corrected chi connectivity index (χ4v) is 3.46. The molecule has 0 radical (unpaired) electrons. The Morgan fingerprint density at radius 2 is 1.89 bits per heavy atom. The summed E-state index contributed by atoms with van der Waals surface area (Å²) in [5, 5.41) is 7.32. The number of carbonyl (C=O) groups excluding carboxylic acids is 1. The quantitative estimate of drug-likeness (QED) is 0.579. The smallest absolute Gasteiger partial charge is 0.291 e. The maximum absolute atomic E-state index is 12.6. The number of benzene rings is 1. The first-order valence-corrected chi connectivity index (χ1v) is 9.08. The number of aromatic nitrogens is 6. The molecule has 0 unspecified atom stereocenters. The Morgan fingerprint density at radius 3 is 2.75 bits per heavy atom. The van der Waals surface area contributed by atoms with E-state index in [0.717, 1.165) is 30.1 Å². The molecule has 1 fully saturated rings. The van der Waals surface area contributed by atoms with Gasteiger partial charge in [-0.05, 0) is 18.6 Å². The Balaban J connectivity index is 1.27. The molecule has 4 heterocycles. The van der Waals surface area contributed by atoms with E-state index >= 15 is 0 Å². The standard InChI is InChI=1S/C19H18N8O/c28-19(16-22-13-27(24-16)15-4-2-1-3-5-15)23-14-6-9-26(12-14)18-17-20-7-10-25(17)11-8-21-18/h1-5,7-8,10-11,13-14H,6,9,12H2,(H,23,28)/t14-/m1/s1. The molecular weight excluding hydrogens is 356 g/mol. The molecule has 1 aliphatic heterocycles. The highest BCUT2D eigenvalue weighted by Gasteiger charge is 2.27. The molecular formula is C19H18N8O. The van der Waals surface area contributed by atoms with Gasteiger partial charge in [0.05, 0.1) is 5.69 Å². The number of para-hydroxylation sites is 1. The minimum absolute atomic E-state index is 0.00759. The highest BCUT2D eigenvalue weighted by Crippen LogP contribution is 2.22. The lowest BCUT2D eigenvalue weighted by Gasteiger charge is -2.18. The molecule has 1 aromatic carbocycles. The number of hydrogen-bond donors (Lipinski definition) is 1. The lowest BCUT2D eigenvalue weighted by molar-refractivity contribution is 0.0930. The van der Waals surface area contributed by atoms with Gasteiger partial charge in [-0.1, -0.05) is 18.2 Å². The van der Waals surface area contributed by atoms with Crippen molar-refractivity contribution >= 4 is 17.4 Å². The van der Waals surface area contributed by atoms with Gasteiger partial charge in [0.15, 0.2) is 11.5 Å². The van der Waals surface area contributed by atoms with Crippen molar-refractivity contribution in [3.8, 4) is 5.69 Å². The molecule has 9 nitrogen and oxygen atoms in total. The van der Waals surface area contributed by atoms with Gasteiger partial charge in [0.2, 0.25) is 5.82 Å². The molecule has 9 heteroatoms. The van der Waals surface area contributed by atoms with Crippen LogP contribution in [-0.4, -0.2) is 54.2 Å². The second kappa shape index (κ2) is 6.76. The molecule has 0 aliphatic carbocycles. The minimum Gasteiger partial charge on any atom is -0.351 e. The zero-order chi connectivity index (χ0) is 18.9. The molecule has 140 valence electrons. The predicted molar refractivity (Wildman–Crippen MR) is 102 cm³/mol. The van der Waals surface area contributed by atoms with Crippen molar-refractivity contribution in [3.05, 3.63) is 67.3 Å². The van der Waals surface area contributed by atoms with Crippen molar-refractivity contribution in [1.29, 1.82) is 0 Å². The highest BCUT2D eigenvalue weighted by molar-refractivity contribution is 5.90. The Kier molecular flexibility index (Phi) is 3.97. The van der Waals surface area contributed by atoms with Crippen molar-refractivity contribution in [2.75, 3.05) is 18.0 Å². The van der Waals surface area contributed by atoms with Gasteiger partial charge in [-0.15, -0.1) is 5.10 Å². The van der Waals surface area contributed by atoms with Crippen molar-refractivity contribution in [2.24, 2.45) is 0 Å². The van der Waals surface area contributed by atoms with Gasteiger partial charge in [0.25, 0.3) is 5.91 Å². The van der Waals surface area contributed by atoms with Crippen LogP contribution in [0, 0.1) is 0 Å². The van der Waals surface area contributed by atoms with E-state index in [0.29, 0.717) is 6.54 Å². The second-order valence-corrected chi connectivity index (χ2v) is 6.66. The largest absolute Gasteiger partial charge is 0.351 e.